The molecule has 0 aliphatic carbocycles. The first-order chi connectivity index (χ1) is 14.3. The molecule has 30 heavy (non-hydrogen) atoms. The maximum absolute atomic E-state index is 12.8. The molecular weight excluding hydrogens is 424 g/mol. The van der Waals surface area contributed by atoms with Crippen LogP contribution in [0.5, 0.6) is 5.75 Å². The first kappa shape index (κ1) is 21.8. The largest absolute Gasteiger partial charge is 0.507 e. The van der Waals surface area contributed by atoms with Gasteiger partial charge in [0.1, 0.15) is 5.75 Å². The lowest BCUT2D eigenvalue weighted by Gasteiger charge is -2.18. The fourth-order valence-corrected chi connectivity index (χ4v) is 4.02. The predicted molar refractivity (Wildman–Crippen MR) is 116 cm³/mol. The molecule has 0 aliphatic rings. The molecule has 8 heteroatoms. The number of amides is 1. The van der Waals surface area contributed by atoms with Crippen molar-refractivity contribution in [3.63, 3.8) is 0 Å². The molecule has 0 saturated heterocycles. The second-order valence-electron chi connectivity index (χ2n) is 6.78. The van der Waals surface area contributed by atoms with Gasteiger partial charge in [-0.1, -0.05) is 54.1 Å². The molecule has 3 rings (SSSR count). The first-order valence-corrected chi connectivity index (χ1v) is 11.0. The topological polar surface area (TPSA) is 86.7 Å². The Balaban J connectivity index is 1.77. The van der Waals surface area contributed by atoms with Gasteiger partial charge in [0.25, 0.3) is 5.91 Å². The first-order valence-electron chi connectivity index (χ1n) is 9.13. The van der Waals surface area contributed by atoms with Crippen molar-refractivity contribution < 1.29 is 18.3 Å². The van der Waals surface area contributed by atoms with Gasteiger partial charge >= 0.3 is 0 Å². The summed E-state index contributed by atoms with van der Waals surface area (Å²) in [6.45, 7) is 0.391. The van der Waals surface area contributed by atoms with Gasteiger partial charge in [-0.25, -0.2) is 13.1 Å². The van der Waals surface area contributed by atoms with E-state index in [1.54, 1.807) is 43.4 Å². The smallest absolute Gasteiger partial charge is 0.257 e. The summed E-state index contributed by atoms with van der Waals surface area (Å²) in [5.41, 5.74) is 1.57. The van der Waals surface area contributed by atoms with Crippen LogP contribution in [0.3, 0.4) is 0 Å². The van der Waals surface area contributed by atoms with Crippen molar-refractivity contribution in [3.8, 4) is 5.75 Å². The summed E-state index contributed by atoms with van der Waals surface area (Å²) in [7, 11) is -2.29. The molecule has 0 aromatic heterocycles. The zero-order valence-corrected chi connectivity index (χ0v) is 17.8. The number of rotatable bonds is 7. The van der Waals surface area contributed by atoms with E-state index < -0.39 is 15.9 Å². The van der Waals surface area contributed by atoms with E-state index in [0.717, 1.165) is 11.1 Å². The molecule has 156 valence electrons. The molecule has 3 aromatic rings. The van der Waals surface area contributed by atoms with E-state index >= 15 is 0 Å². The SMILES string of the molecule is CN(Cc1ccc(Cl)cc1)C(=O)c1cc(S(=O)(=O)NCc2ccccc2)ccc1O. The van der Waals surface area contributed by atoms with Crippen molar-refractivity contribution in [1.29, 1.82) is 0 Å². The van der Waals surface area contributed by atoms with Crippen LogP contribution in [-0.4, -0.2) is 31.4 Å². The molecule has 0 unspecified atom stereocenters. The molecule has 0 bridgehead atoms. The third-order valence-electron chi connectivity index (χ3n) is 4.50. The predicted octanol–water partition coefficient (Wildman–Crippen LogP) is 3.80. The number of nitrogens with one attached hydrogen (secondary N) is 1. The quantitative estimate of drug-likeness (QED) is 0.580. The van der Waals surface area contributed by atoms with Gasteiger partial charge in [0, 0.05) is 25.2 Å². The normalized spacial score (nSPS) is 11.3. The summed E-state index contributed by atoms with van der Waals surface area (Å²) in [6, 6.07) is 19.8. The summed E-state index contributed by atoms with van der Waals surface area (Å²) in [5.74, 6) is -0.785. The second kappa shape index (κ2) is 9.30. The molecule has 2 N–H and O–H groups in total. The minimum absolute atomic E-state index is 0.0888. The number of carbonyl (C=O) groups excluding carboxylic acids is 1. The van der Waals surface area contributed by atoms with Gasteiger partial charge in [0.05, 0.1) is 10.5 Å². The molecular formula is C22H21ClN2O4S. The highest BCUT2D eigenvalue weighted by molar-refractivity contribution is 7.89. The standard InChI is InChI=1S/C22H21ClN2O4S/c1-25(15-17-7-9-18(23)10-8-17)22(27)20-13-19(11-12-21(20)26)30(28,29)24-14-16-5-3-2-4-6-16/h2-13,24,26H,14-15H2,1H3. The van der Waals surface area contributed by atoms with Crippen LogP contribution in [0.4, 0.5) is 0 Å². The molecule has 1 amide bonds. The second-order valence-corrected chi connectivity index (χ2v) is 8.98. The van der Waals surface area contributed by atoms with Crippen molar-refractivity contribution in [2.45, 2.75) is 18.0 Å². The molecule has 0 spiro atoms. The number of phenols is 1. The number of benzene rings is 3. The van der Waals surface area contributed by atoms with Gasteiger partial charge in [-0.2, -0.15) is 0 Å². The van der Waals surface area contributed by atoms with Crippen LogP contribution in [0.25, 0.3) is 0 Å². The molecule has 0 aliphatic heterocycles. The molecule has 0 heterocycles. The van der Waals surface area contributed by atoms with Gasteiger partial charge in [-0.15, -0.1) is 0 Å². The number of hydrogen-bond acceptors (Lipinski definition) is 4. The number of sulfonamides is 1. The molecule has 3 aromatic carbocycles. The number of hydrogen-bond donors (Lipinski definition) is 2. The zero-order valence-electron chi connectivity index (χ0n) is 16.2. The van der Waals surface area contributed by atoms with Crippen molar-refractivity contribution in [2.75, 3.05) is 7.05 Å². The van der Waals surface area contributed by atoms with Crippen LogP contribution in [0.1, 0.15) is 21.5 Å². The third-order valence-corrected chi connectivity index (χ3v) is 6.15. The fraction of sp³-hybridized carbons (Fsp3) is 0.136. The van der Waals surface area contributed by atoms with Gasteiger partial charge < -0.3 is 10.0 Å². The lowest BCUT2D eigenvalue weighted by Crippen LogP contribution is -2.27. The minimum atomic E-state index is -3.87. The van der Waals surface area contributed by atoms with Crippen LogP contribution in [0.15, 0.2) is 77.7 Å². The Kier molecular flexibility index (Phi) is 6.77. The van der Waals surface area contributed by atoms with Crippen LogP contribution in [0.2, 0.25) is 5.02 Å². The summed E-state index contributed by atoms with van der Waals surface area (Å²) >= 11 is 5.88. The Bertz CT molecular complexity index is 1130. The van der Waals surface area contributed by atoms with Crippen LogP contribution in [0, 0.1) is 0 Å². The van der Waals surface area contributed by atoms with E-state index in [-0.39, 0.29) is 29.3 Å². The summed E-state index contributed by atoms with van der Waals surface area (Å²) in [4.78, 5) is 14.1. The number of halogens is 1. The lowest BCUT2D eigenvalue weighted by atomic mass is 10.1. The van der Waals surface area contributed by atoms with E-state index in [2.05, 4.69) is 4.72 Å². The minimum Gasteiger partial charge on any atom is -0.507 e. The molecule has 6 nitrogen and oxygen atoms in total. The number of nitrogens with zero attached hydrogens (tertiary/aromatic N) is 1. The lowest BCUT2D eigenvalue weighted by molar-refractivity contribution is 0.0782. The number of phenolic OH excluding ortho intramolecular Hbond substituents is 1. The van der Waals surface area contributed by atoms with Gasteiger partial charge in [-0.05, 0) is 41.5 Å². The number of carbonyl (C=O) groups is 1. The molecule has 0 saturated carbocycles. The molecule has 0 atom stereocenters. The Morgan fingerprint density at radius 3 is 2.33 bits per heavy atom. The monoisotopic (exact) mass is 444 g/mol. The van der Waals surface area contributed by atoms with E-state index in [9.17, 15) is 18.3 Å². The Morgan fingerprint density at radius 1 is 1.00 bits per heavy atom. The average Bonchev–Trinajstić information content (AvgIpc) is 2.74. The highest BCUT2D eigenvalue weighted by Crippen LogP contribution is 2.23. The van der Waals surface area contributed by atoms with E-state index in [4.69, 9.17) is 11.6 Å². The average molecular weight is 445 g/mol. The van der Waals surface area contributed by atoms with Crippen molar-refractivity contribution in [3.05, 3.63) is 94.5 Å². The van der Waals surface area contributed by atoms with Crippen molar-refractivity contribution in [2.24, 2.45) is 0 Å². The summed E-state index contributed by atoms with van der Waals surface area (Å²) in [5, 5.41) is 10.7. The highest BCUT2D eigenvalue weighted by atomic mass is 35.5. The van der Waals surface area contributed by atoms with E-state index in [1.165, 1.54) is 23.1 Å². The van der Waals surface area contributed by atoms with Crippen LogP contribution >= 0.6 is 11.6 Å². The molecule has 0 fully saturated rings. The number of aromatic hydroxyl groups is 1. The summed E-state index contributed by atoms with van der Waals surface area (Å²) in [6.07, 6.45) is 0. The maximum atomic E-state index is 12.8. The van der Waals surface area contributed by atoms with Gasteiger partial charge in [-0.3, -0.25) is 4.79 Å². The Labute approximate surface area is 180 Å². The summed E-state index contributed by atoms with van der Waals surface area (Å²) < 4.78 is 27.8. The van der Waals surface area contributed by atoms with E-state index in [0.29, 0.717) is 5.02 Å². The van der Waals surface area contributed by atoms with Crippen LogP contribution < -0.4 is 4.72 Å². The Hall–Kier alpha value is -2.87. The van der Waals surface area contributed by atoms with Crippen molar-refractivity contribution >= 4 is 27.5 Å². The fourth-order valence-electron chi connectivity index (χ4n) is 2.85. The zero-order chi connectivity index (χ0) is 21.7. The van der Waals surface area contributed by atoms with Crippen LogP contribution in [-0.2, 0) is 23.1 Å². The van der Waals surface area contributed by atoms with E-state index in [1.807, 2.05) is 18.2 Å². The van der Waals surface area contributed by atoms with Crippen molar-refractivity contribution in [1.82, 2.24) is 9.62 Å². The Morgan fingerprint density at radius 2 is 1.67 bits per heavy atom. The molecule has 0 radical (unpaired) electrons. The van der Waals surface area contributed by atoms with Gasteiger partial charge in [0.15, 0.2) is 0 Å². The maximum Gasteiger partial charge on any atom is 0.257 e. The highest BCUT2D eigenvalue weighted by Gasteiger charge is 2.21. The van der Waals surface area contributed by atoms with Gasteiger partial charge in [0.2, 0.25) is 10.0 Å². The third kappa shape index (κ3) is 5.38.